The van der Waals surface area contributed by atoms with Crippen molar-refractivity contribution in [3.8, 4) is 5.75 Å². The minimum Gasteiger partial charge on any atom is -0.487 e. The summed E-state index contributed by atoms with van der Waals surface area (Å²) in [5, 5.41) is 11.0. The first-order valence-corrected chi connectivity index (χ1v) is 14.7. The van der Waals surface area contributed by atoms with Gasteiger partial charge in [-0.3, -0.25) is 9.80 Å². The Hall–Kier alpha value is -2.32. The number of likely N-dealkylation sites (tertiary alicyclic amines) is 1. The Balaban J connectivity index is 1.42. The Bertz CT molecular complexity index is 1130. The highest BCUT2D eigenvalue weighted by atomic mass is 35.5. The van der Waals surface area contributed by atoms with Gasteiger partial charge in [0.25, 0.3) is 0 Å². The van der Waals surface area contributed by atoms with E-state index in [9.17, 15) is 9.90 Å². The zero-order chi connectivity index (χ0) is 29.1. The van der Waals surface area contributed by atoms with Crippen LogP contribution in [0.1, 0.15) is 64.0 Å². The van der Waals surface area contributed by atoms with Crippen LogP contribution in [-0.2, 0) is 21.4 Å². The van der Waals surface area contributed by atoms with Crippen molar-refractivity contribution in [1.29, 1.82) is 0 Å². The third-order valence-electron chi connectivity index (χ3n) is 8.45. The Morgan fingerprint density at radius 2 is 1.80 bits per heavy atom. The van der Waals surface area contributed by atoms with Gasteiger partial charge in [-0.15, -0.1) is 0 Å². The number of hydrogen-bond acceptors (Lipinski definition) is 6. The molecule has 4 rings (SSSR count). The predicted molar refractivity (Wildman–Crippen MR) is 158 cm³/mol. The zero-order valence-electron chi connectivity index (χ0n) is 24.7. The molecule has 1 aliphatic heterocycles. The number of carbonyl (C=O) groups excluding carboxylic acids is 1. The van der Waals surface area contributed by atoms with Crippen LogP contribution in [0.2, 0.25) is 5.02 Å². The normalized spacial score (nSPS) is 26.1. The highest BCUT2D eigenvalue weighted by molar-refractivity contribution is 6.32. The summed E-state index contributed by atoms with van der Waals surface area (Å²) in [6.45, 7) is 5.72. The Kier molecular flexibility index (Phi) is 9.71. The number of halogens is 1. The number of hydrogen-bond donors (Lipinski definition) is 1. The number of aliphatic hydroxyl groups excluding tert-OH is 1. The van der Waals surface area contributed by atoms with Crippen molar-refractivity contribution in [3.05, 3.63) is 64.7 Å². The number of nitrogens with zero attached hydrogens (tertiary/aromatic N) is 2. The Morgan fingerprint density at radius 3 is 2.40 bits per heavy atom. The first kappa shape index (κ1) is 30.6. The fourth-order valence-electron chi connectivity index (χ4n) is 6.27. The summed E-state index contributed by atoms with van der Waals surface area (Å²) in [5.74, 6) is 1.14. The third-order valence-corrected chi connectivity index (χ3v) is 8.88. The van der Waals surface area contributed by atoms with Crippen molar-refractivity contribution < 1.29 is 24.1 Å². The number of methoxy groups -OCH3 is 1. The molecule has 2 aromatic rings. The van der Waals surface area contributed by atoms with E-state index < -0.39 is 24.0 Å². The summed E-state index contributed by atoms with van der Waals surface area (Å²) in [6.07, 6.45) is 3.77. The molecule has 0 aromatic heterocycles. The van der Waals surface area contributed by atoms with Gasteiger partial charge in [-0.1, -0.05) is 54.1 Å². The van der Waals surface area contributed by atoms with Crippen LogP contribution in [-0.4, -0.2) is 72.8 Å². The second-order valence-corrected chi connectivity index (χ2v) is 12.8. The number of carbonyl (C=O) groups is 1. The molecular weight excluding hydrogens is 528 g/mol. The second kappa shape index (κ2) is 12.7. The molecule has 1 heterocycles. The van der Waals surface area contributed by atoms with Crippen LogP contribution < -0.4 is 4.74 Å². The lowest BCUT2D eigenvalue weighted by Gasteiger charge is -2.45. The largest absolute Gasteiger partial charge is 0.487 e. The van der Waals surface area contributed by atoms with Crippen LogP contribution in [0.3, 0.4) is 0 Å². The number of benzene rings is 2. The van der Waals surface area contributed by atoms with E-state index in [1.54, 1.807) is 0 Å². The molecule has 2 aromatic carbocycles. The van der Waals surface area contributed by atoms with Gasteiger partial charge >= 0.3 is 6.09 Å². The standard InChI is InChI=1S/C32H45ClN2O5/c1-31(2,3)40-30(37)35-21-25(20-26(35)29(36)38-6)39-27-14-10-11-23(28(27)33)19-22-15-17-32(18-16-22,34(4)5)24-12-8-7-9-13-24/h7-14,22,25-26,29,36H,15-21H2,1-6H3/t22?,25-,26-,29?,32?/m0/s1. The van der Waals surface area contributed by atoms with Crippen LogP contribution >= 0.6 is 11.6 Å². The van der Waals surface area contributed by atoms with Crippen molar-refractivity contribution in [2.45, 2.75) is 88.9 Å². The monoisotopic (exact) mass is 572 g/mol. The molecule has 1 amide bonds. The van der Waals surface area contributed by atoms with Crippen molar-refractivity contribution in [1.82, 2.24) is 9.80 Å². The fraction of sp³-hybridized carbons (Fsp3) is 0.594. The maximum Gasteiger partial charge on any atom is 0.410 e. The molecule has 8 heteroatoms. The topological polar surface area (TPSA) is 71.5 Å². The lowest BCUT2D eigenvalue weighted by atomic mass is 9.70. The summed E-state index contributed by atoms with van der Waals surface area (Å²) >= 11 is 6.91. The lowest BCUT2D eigenvalue weighted by molar-refractivity contribution is -0.116. The molecule has 0 bridgehead atoms. The molecule has 2 aliphatic rings. The van der Waals surface area contributed by atoms with Gasteiger partial charge in [0.1, 0.15) is 17.5 Å². The first-order valence-electron chi connectivity index (χ1n) is 14.3. The summed E-state index contributed by atoms with van der Waals surface area (Å²) in [7, 11) is 5.79. The number of ether oxygens (including phenoxy) is 3. The molecule has 2 fully saturated rings. The Morgan fingerprint density at radius 1 is 1.12 bits per heavy atom. The van der Waals surface area contributed by atoms with Gasteiger partial charge in [0, 0.05) is 19.1 Å². The molecule has 1 N–H and O–H groups in total. The highest BCUT2D eigenvalue weighted by Crippen LogP contribution is 2.44. The highest BCUT2D eigenvalue weighted by Gasteiger charge is 2.43. The maximum absolute atomic E-state index is 12.9. The predicted octanol–water partition coefficient (Wildman–Crippen LogP) is 6.25. The minimum absolute atomic E-state index is 0.0678. The van der Waals surface area contributed by atoms with Crippen LogP contribution in [0, 0.1) is 5.92 Å². The lowest BCUT2D eigenvalue weighted by Crippen LogP contribution is -2.45. The molecular formula is C32H45ClN2O5. The van der Waals surface area contributed by atoms with Gasteiger partial charge in [0.2, 0.25) is 0 Å². The van der Waals surface area contributed by atoms with Crippen molar-refractivity contribution in [2.75, 3.05) is 27.7 Å². The molecule has 1 saturated carbocycles. The van der Waals surface area contributed by atoms with Gasteiger partial charge < -0.3 is 19.3 Å². The van der Waals surface area contributed by atoms with E-state index in [2.05, 4.69) is 55.4 Å². The first-order chi connectivity index (χ1) is 18.9. The number of amides is 1. The van der Waals surface area contributed by atoms with Gasteiger partial charge in [-0.25, -0.2) is 4.79 Å². The van der Waals surface area contributed by atoms with Gasteiger partial charge in [0.15, 0.2) is 6.29 Å². The van der Waals surface area contributed by atoms with E-state index in [0.717, 1.165) is 37.7 Å². The maximum atomic E-state index is 12.9. The summed E-state index contributed by atoms with van der Waals surface area (Å²) in [6, 6.07) is 16.2. The summed E-state index contributed by atoms with van der Waals surface area (Å²) in [5.41, 5.74) is 1.89. The molecule has 220 valence electrons. The van der Waals surface area contributed by atoms with Crippen molar-refractivity contribution in [3.63, 3.8) is 0 Å². The van der Waals surface area contributed by atoms with Crippen LogP contribution in [0.5, 0.6) is 5.75 Å². The average Bonchev–Trinajstić information content (AvgIpc) is 3.34. The van der Waals surface area contributed by atoms with E-state index in [1.165, 1.54) is 17.6 Å². The molecule has 0 spiro atoms. The number of aliphatic hydroxyl groups is 1. The third kappa shape index (κ3) is 6.93. The molecule has 1 aliphatic carbocycles. The van der Waals surface area contributed by atoms with E-state index >= 15 is 0 Å². The van der Waals surface area contributed by atoms with Crippen LogP contribution in [0.15, 0.2) is 48.5 Å². The quantitative estimate of drug-likeness (QED) is 0.377. The minimum atomic E-state index is -1.14. The van der Waals surface area contributed by atoms with E-state index in [0.29, 0.717) is 23.1 Å². The van der Waals surface area contributed by atoms with Gasteiger partial charge in [-0.05, 0) is 90.1 Å². The molecule has 0 radical (unpaired) electrons. The molecule has 3 atom stereocenters. The SMILES string of the molecule is COC(O)[C@@H]1C[C@H](Oc2cccc(CC3CCC(c4ccccc4)(N(C)C)CC3)c2Cl)CN1C(=O)OC(C)(C)C. The summed E-state index contributed by atoms with van der Waals surface area (Å²) in [4.78, 5) is 16.7. The smallest absolute Gasteiger partial charge is 0.410 e. The average molecular weight is 573 g/mol. The van der Waals surface area contributed by atoms with Gasteiger partial charge in [-0.2, -0.15) is 0 Å². The Labute approximate surface area is 244 Å². The van der Waals surface area contributed by atoms with Crippen molar-refractivity contribution in [2.24, 2.45) is 5.92 Å². The molecule has 40 heavy (non-hydrogen) atoms. The zero-order valence-corrected chi connectivity index (χ0v) is 25.5. The number of rotatable bonds is 8. The van der Waals surface area contributed by atoms with Gasteiger partial charge in [0.05, 0.1) is 17.6 Å². The molecule has 7 nitrogen and oxygen atoms in total. The fourth-order valence-corrected chi connectivity index (χ4v) is 6.51. The second-order valence-electron chi connectivity index (χ2n) is 12.5. The van der Waals surface area contributed by atoms with Crippen molar-refractivity contribution >= 4 is 17.7 Å². The van der Waals surface area contributed by atoms with E-state index in [4.69, 9.17) is 25.8 Å². The van der Waals surface area contributed by atoms with E-state index in [-0.39, 0.29) is 18.2 Å². The van der Waals surface area contributed by atoms with Crippen LogP contribution in [0.4, 0.5) is 4.79 Å². The summed E-state index contributed by atoms with van der Waals surface area (Å²) < 4.78 is 17.1. The van der Waals surface area contributed by atoms with Crippen LogP contribution in [0.25, 0.3) is 0 Å². The molecule has 1 saturated heterocycles. The molecule has 1 unspecified atom stereocenters. The van der Waals surface area contributed by atoms with E-state index in [1.807, 2.05) is 32.9 Å².